The smallest absolute Gasteiger partial charge is 0.272 e. The number of benzene rings is 1. The number of aromatic nitrogens is 3. The summed E-state index contributed by atoms with van der Waals surface area (Å²) in [6.07, 6.45) is 1.69. The van der Waals surface area contributed by atoms with Gasteiger partial charge in [-0.05, 0) is 31.2 Å². The Morgan fingerprint density at radius 3 is 2.80 bits per heavy atom. The van der Waals surface area contributed by atoms with E-state index in [2.05, 4.69) is 15.3 Å². The Balaban J connectivity index is 1.73. The van der Waals surface area contributed by atoms with Crippen molar-refractivity contribution in [3.63, 3.8) is 0 Å². The Morgan fingerprint density at radius 2 is 2.00 bits per heavy atom. The van der Waals surface area contributed by atoms with E-state index in [4.69, 9.17) is 0 Å². The number of thiophene rings is 1. The number of hydrogen-bond acceptors (Lipinski definition) is 5. The second-order valence-corrected chi connectivity index (χ2v) is 6.60. The quantitative estimate of drug-likeness (QED) is 0.616. The normalized spacial score (nSPS) is 11.1. The minimum atomic E-state index is -0.267. The highest BCUT2D eigenvalue weighted by molar-refractivity contribution is 7.25. The molecular weight excluding hydrogens is 336 g/mol. The van der Waals surface area contributed by atoms with E-state index in [0.717, 1.165) is 10.2 Å². The van der Waals surface area contributed by atoms with Gasteiger partial charge in [0.15, 0.2) is 0 Å². The van der Waals surface area contributed by atoms with Crippen molar-refractivity contribution in [3.05, 3.63) is 64.8 Å². The molecule has 0 bridgehead atoms. The zero-order chi connectivity index (χ0) is 17.4. The first kappa shape index (κ1) is 15.5. The molecule has 4 aromatic rings. The van der Waals surface area contributed by atoms with Crippen molar-refractivity contribution in [2.75, 3.05) is 5.32 Å². The lowest BCUT2D eigenvalue weighted by molar-refractivity contribution is -0.116. The molecular formula is C18H14N4O2S. The predicted octanol–water partition coefficient (Wildman–Crippen LogP) is 2.95. The molecule has 0 saturated heterocycles. The predicted molar refractivity (Wildman–Crippen MR) is 99.0 cm³/mol. The number of carbonyl (C=O) groups excluding carboxylic acids is 1. The molecule has 0 aliphatic heterocycles. The Kier molecular flexibility index (Phi) is 3.77. The highest BCUT2D eigenvalue weighted by Gasteiger charge is 2.16. The molecule has 3 aromatic heterocycles. The van der Waals surface area contributed by atoms with Gasteiger partial charge in [0, 0.05) is 17.3 Å². The fourth-order valence-electron chi connectivity index (χ4n) is 2.72. The fourth-order valence-corrected chi connectivity index (χ4v) is 3.75. The van der Waals surface area contributed by atoms with Crippen LogP contribution in [0, 0.1) is 6.92 Å². The van der Waals surface area contributed by atoms with E-state index in [0.29, 0.717) is 21.7 Å². The fraction of sp³-hybridized carbons (Fsp3) is 0.111. The lowest BCUT2D eigenvalue weighted by atomic mass is 10.3. The monoisotopic (exact) mass is 350 g/mol. The van der Waals surface area contributed by atoms with Crippen molar-refractivity contribution in [1.82, 2.24) is 14.5 Å². The molecule has 4 rings (SSSR count). The summed E-state index contributed by atoms with van der Waals surface area (Å²) in [6, 6.07) is 12.9. The number of nitrogens with zero attached hydrogens (tertiary/aromatic N) is 3. The zero-order valence-corrected chi connectivity index (χ0v) is 14.2. The maximum atomic E-state index is 12.8. The minimum absolute atomic E-state index is 0.0792. The van der Waals surface area contributed by atoms with Gasteiger partial charge in [-0.15, -0.1) is 11.3 Å². The van der Waals surface area contributed by atoms with Gasteiger partial charge in [0.1, 0.15) is 21.9 Å². The number of carbonyl (C=O) groups is 1. The summed E-state index contributed by atoms with van der Waals surface area (Å²) in [5.41, 5.74) is 1.13. The van der Waals surface area contributed by atoms with Crippen molar-refractivity contribution in [1.29, 1.82) is 0 Å². The number of para-hydroxylation sites is 1. The summed E-state index contributed by atoms with van der Waals surface area (Å²) >= 11 is 1.30. The summed E-state index contributed by atoms with van der Waals surface area (Å²) < 4.78 is 1.92. The van der Waals surface area contributed by atoms with Crippen LogP contribution in [-0.4, -0.2) is 20.4 Å². The molecule has 0 aliphatic carbocycles. The van der Waals surface area contributed by atoms with Crippen LogP contribution in [0.3, 0.4) is 0 Å². The number of aryl methyl sites for hydroxylation is 1. The summed E-state index contributed by atoms with van der Waals surface area (Å²) in [6.45, 7) is 1.65. The highest BCUT2D eigenvalue weighted by Crippen LogP contribution is 2.28. The van der Waals surface area contributed by atoms with E-state index in [-0.39, 0.29) is 18.0 Å². The Bertz CT molecular complexity index is 1150. The van der Waals surface area contributed by atoms with E-state index in [9.17, 15) is 9.59 Å². The van der Waals surface area contributed by atoms with Gasteiger partial charge in [0.25, 0.3) is 5.56 Å². The number of amides is 1. The van der Waals surface area contributed by atoms with Crippen LogP contribution in [0.2, 0.25) is 0 Å². The Labute approximate surface area is 146 Å². The van der Waals surface area contributed by atoms with Crippen LogP contribution in [0.25, 0.3) is 20.4 Å². The second-order valence-electron chi connectivity index (χ2n) is 5.60. The third-order valence-corrected chi connectivity index (χ3v) is 4.99. The molecule has 0 saturated carbocycles. The number of fused-ring (bicyclic) bond motifs is 3. The summed E-state index contributed by atoms with van der Waals surface area (Å²) in [5.74, 6) is 0.237. The molecule has 1 N–H and O–H groups in total. The molecule has 1 aromatic carbocycles. The van der Waals surface area contributed by atoms with Gasteiger partial charge >= 0.3 is 0 Å². The minimum Gasteiger partial charge on any atom is -0.325 e. The molecule has 0 unspecified atom stereocenters. The largest absolute Gasteiger partial charge is 0.325 e. The molecule has 0 aliphatic rings. The Morgan fingerprint density at radius 1 is 1.20 bits per heavy atom. The summed E-state index contributed by atoms with van der Waals surface area (Å²) in [4.78, 5) is 34.7. The number of anilines is 1. The molecule has 124 valence electrons. The maximum absolute atomic E-state index is 12.8. The van der Waals surface area contributed by atoms with E-state index in [1.165, 1.54) is 15.9 Å². The average molecular weight is 350 g/mol. The zero-order valence-electron chi connectivity index (χ0n) is 13.4. The van der Waals surface area contributed by atoms with Crippen molar-refractivity contribution >= 4 is 43.4 Å². The van der Waals surface area contributed by atoms with Crippen LogP contribution < -0.4 is 10.9 Å². The first-order chi connectivity index (χ1) is 12.1. The number of rotatable bonds is 3. The lowest BCUT2D eigenvalue weighted by Gasteiger charge is -2.10. The third kappa shape index (κ3) is 2.78. The van der Waals surface area contributed by atoms with Crippen LogP contribution in [0.1, 0.15) is 5.82 Å². The molecule has 25 heavy (non-hydrogen) atoms. The first-order valence-electron chi connectivity index (χ1n) is 7.73. The van der Waals surface area contributed by atoms with Gasteiger partial charge in [-0.25, -0.2) is 9.97 Å². The van der Waals surface area contributed by atoms with Gasteiger partial charge < -0.3 is 5.32 Å². The summed E-state index contributed by atoms with van der Waals surface area (Å²) in [7, 11) is 0. The van der Waals surface area contributed by atoms with Crippen molar-refractivity contribution < 1.29 is 4.79 Å². The number of nitrogens with one attached hydrogen (secondary N) is 1. The van der Waals surface area contributed by atoms with Gasteiger partial charge in [-0.1, -0.05) is 18.2 Å². The van der Waals surface area contributed by atoms with E-state index >= 15 is 0 Å². The van der Waals surface area contributed by atoms with Crippen LogP contribution in [-0.2, 0) is 11.3 Å². The first-order valence-corrected chi connectivity index (χ1v) is 8.55. The van der Waals surface area contributed by atoms with Crippen molar-refractivity contribution in [2.45, 2.75) is 13.5 Å². The second kappa shape index (κ2) is 6.10. The van der Waals surface area contributed by atoms with E-state index < -0.39 is 0 Å². The highest BCUT2D eigenvalue weighted by atomic mass is 32.1. The average Bonchev–Trinajstić information content (AvgIpc) is 2.98. The van der Waals surface area contributed by atoms with Gasteiger partial charge in [0.05, 0.1) is 5.52 Å². The van der Waals surface area contributed by atoms with Crippen LogP contribution in [0.15, 0.2) is 53.5 Å². The standard InChI is InChI=1S/C18H14N4O2S/c1-11-20-15-13-8-5-9-19-17(13)25-16(15)18(24)22(11)10-14(23)21-12-6-3-2-4-7-12/h2-9H,10H2,1H3,(H,21,23). The maximum Gasteiger partial charge on any atom is 0.272 e. The van der Waals surface area contributed by atoms with Crippen molar-refractivity contribution in [3.8, 4) is 0 Å². The third-order valence-electron chi connectivity index (χ3n) is 3.90. The topological polar surface area (TPSA) is 76.9 Å². The molecule has 7 heteroatoms. The van der Waals surface area contributed by atoms with Gasteiger partial charge in [-0.3, -0.25) is 14.2 Å². The van der Waals surface area contributed by atoms with Crippen LogP contribution >= 0.6 is 11.3 Å². The molecule has 0 fully saturated rings. The van der Waals surface area contributed by atoms with Gasteiger partial charge in [0.2, 0.25) is 5.91 Å². The molecule has 3 heterocycles. The van der Waals surface area contributed by atoms with Crippen molar-refractivity contribution in [2.24, 2.45) is 0 Å². The van der Waals surface area contributed by atoms with Crippen LogP contribution in [0.4, 0.5) is 5.69 Å². The SMILES string of the molecule is Cc1nc2c(sc3ncccc32)c(=O)n1CC(=O)Nc1ccccc1. The molecule has 0 spiro atoms. The Hall–Kier alpha value is -3.06. The van der Waals surface area contributed by atoms with Crippen LogP contribution in [0.5, 0.6) is 0 Å². The molecule has 0 radical (unpaired) electrons. The van der Waals surface area contributed by atoms with Gasteiger partial charge in [-0.2, -0.15) is 0 Å². The molecule has 0 atom stereocenters. The molecule has 6 nitrogen and oxygen atoms in total. The van der Waals surface area contributed by atoms with E-state index in [1.54, 1.807) is 25.3 Å². The number of pyridine rings is 1. The molecule has 1 amide bonds. The summed E-state index contributed by atoms with van der Waals surface area (Å²) in [5, 5.41) is 3.65. The number of hydrogen-bond donors (Lipinski definition) is 1. The lowest BCUT2D eigenvalue weighted by Crippen LogP contribution is -2.29. The van der Waals surface area contributed by atoms with E-state index in [1.807, 2.05) is 30.3 Å².